The lowest BCUT2D eigenvalue weighted by molar-refractivity contribution is 0.142. The summed E-state index contributed by atoms with van der Waals surface area (Å²) in [5.41, 5.74) is 0. The van der Waals surface area contributed by atoms with Gasteiger partial charge in [-0.3, -0.25) is 0 Å². The Hall–Kier alpha value is -0.130. The quantitative estimate of drug-likeness (QED) is 0.711. The molecule has 78 valence electrons. The minimum absolute atomic E-state index is 0.0626. The average molecular weight is 207 g/mol. The van der Waals surface area contributed by atoms with E-state index in [9.17, 15) is 13.5 Å². The second-order valence-electron chi connectivity index (χ2n) is 3.82. The molecule has 0 heterocycles. The van der Waals surface area contributed by atoms with Gasteiger partial charge >= 0.3 is 0 Å². The second-order valence-corrected chi connectivity index (χ2v) is 6.05. The molecule has 0 radical (unpaired) electrons. The van der Waals surface area contributed by atoms with E-state index in [2.05, 4.69) is 0 Å². The lowest BCUT2D eigenvalue weighted by Crippen LogP contribution is -2.31. The van der Waals surface area contributed by atoms with Gasteiger partial charge in [0.15, 0.2) is 0 Å². The van der Waals surface area contributed by atoms with Gasteiger partial charge in [0.05, 0.1) is 11.9 Å². The number of hydrogen-bond acceptors (Lipinski definition) is 3. The van der Waals surface area contributed by atoms with Crippen molar-refractivity contribution in [3.8, 4) is 0 Å². The van der Waals surface area contributed by atoms with Crippen LogP contribution in [0, 0.1) is 5.92 Å². The zero-order valence-electron chi connectivity index (χ0n) is 8.10. The third kappa shape index (κ3) is 2.65. The van der Waals surface area contributed by atoms with Crippen LogP contribution in [0.3, 0.4) is 0 Å². The molecular formula is C8H17NO3S. The number of hydrogen-bond donors (Lipinski definition) is 1. The molecule has 0 bridgehead atoms. The molecule has 0 aromatic heterocycles. The van der Waals surface area contributed by atoms with E-state index < -0.39 is 16.1 Å². The highest BCUT2D eigenvalue weighted by Gasteiger charge is 2.30. The molecule has 1 aliphatic rings. The summed E-state index contributed by atoms with van der Waals surface area (Å²) in [5, 5.41) is 9.45. The van der Waals surface area contributed by atoms with Gasteiger partial charge in [-0.15, -0.1) is 0 Å². The Labute approximate surface area is 79.6 Å². The summed E-state index contributed by atoms with van der Waals surface area (Å²) < 4.78 is 24.1. The number of sulfonamides is 1. The normalized spacial score (nSPS) is 29.8. The van der Waals surface area contributed by atoms with Gasteiger partial charge in [0.25, 0.3) is 0 Å². The predicted molar refractivity (Wildman–Crippen MR) is 50.8 cm³/mol. The second kappa shape index (κ2) is 3.94. The molecule has 1 saturated carbocycles. The number of aliphatic hydroxyl groups excluding tert-OH is 1. The predicted octanol–water partition coefficient (Wildman–Crippen LogP) is 0.0388. The highest BCUT2D eigenvalue weighted by Crippen LogP contribution is 2.27. The van der Waals surface area contributed by atoms with Crippen molar-refractivity contribution < 1.29 is 13.5 Å². The fourth-order valence-electron chi connectivity index (χ4n) is 1.63. The number of nitrogens with zero attached hydrogens (tertiary/aromatic N) is 1. The Kier molecular flexibility index (Phi) is 3.32. The maximum atomic E-state index is 11.4. The van der Waals surface area contributed by atoms with Crippen LogP contribution >= 0.6 is 0 Å². The summed E-state index contributed by atoms with van der Waals surface area (Å²) in [7, 11) is -0.0923. The number of aliphatic hydroxyl groups is 1. The summed E-state index contributed by atoms with van der Waals surface area (Å²) in [6, 6.07) is 0. The molecule has 1 fully saturated rings. The van der Waals surface area contributed by atoms with E-state index in [-0.39, 0.29) is 11.7 Å². The van der Waals surface area contributed by atoms with E-state index in [0.29, 0.717) is 0 Å². The highest BCUT2D eigenvalue weighted by molar-refractivity contribution is 7.89. The van der Waals surface area contributed by atoms with E-state index in [1.165, 1.54) is 18.4 Å². The van der Waals surface area contributed by atoms with Crippen LogP contribution in [-0.2, 0) is 10.0 Å². The van der Waals surface area contributed by atoms with Gasteiger partial charge in [-0.2, -0.15) is 0 Å². The molecule has 0 amide bonds. The maximum Gasteiger partial charge on any atom is 0.213 e. The molecule has 1 rings (SSSR count). The third-order valence-electron chi connectivity index (χ3n) is 2.60. The lowest BCUT2D eigenvalue weighted by atomic mass is 10.1. The van der Waals surface area contributed by atoms with Gasteiger partial charge in [-0.05, 0) is 12.8 Å². The average Bonchev–Trinajstić information content (AvgIpc) is 2.35. The SMILES string of the molecule is CN(C)S(=O)(=O)C[C@@H]1CCC[C@H]1O. The summed E-state index contributed by atoms with van der Waals surface area (Å²) >= 11 is 0. The fourth-order valence-corrected chi connectivity index (χ4v) is 2.86. The topological polar surface area (TPSA) is 57.6 Å². The van der Waals surface area contributed by atoms with Gasteiger partial charge in [0.1, 0.15) is 0 Å². The van der Waals surface area contributed by atoms with Crippen molar-refractivity contribution in [2.75, 3.05) is 19.8 Å². The largest absolute Gasteiger partial charge is 0.393 e. The Balaban J connectivity index is 2.58. The highest BCUT2D eigenvalue weighted by atomic mass is 32.2. The Morgan fingerprint density at radius 2 is 2.00 bits per heavy atom. The van der Waals surface area contributed by atoms with Gasteiger partial charge in [-0.25, -0.2) is 12.7 Å². The molecule has 5 heteroatoms. The molecule has 0 spiro atoms. The van der Waals surface area contributed by atoms with Gasteiger partial charge in [0.2, 0.25) is 10.0 Å². The van der Waals surface area contributed by atoms with Crippen LogP contribution < -0.4 is 0 Å². The smallest absolute Gasteiger partial charge is 0.213 e. The van der Waals surface area contributed by atoms with Gasteiger partial charge < -0.3 is 5.11 Å². The third-order valence-corrected chi connectivity index (χ3v) is 4.56. The Morgan fingerprint density at radius 3 is 2.38 bits per heavy atom. The van der Waals surface area contributed by atoms with Crippen molar-refractivity contribution in [2.45, 2.75) is 25.4 Å². The molecular weight excluding hydrogens is 190 g/mol. The zero-order chi connectivity index (χ0) is 10.1. The first-order valence-corrected chi connectivity index (χ1v) is 6.12. The monoisotopic (exact) mass is 207 g/mol. The standard InChI is InChI=1S/C8H17NO3S/c1-9(2)13(11,12)6-7-4-3-5-8(7)10/h7-8,10H,3-6H2,1-2H3/t7-,8+/m0/s1. The van der Waals surface area contributed by atoms with Crippen molar-refractivity contribution in [3.05, 3.63) is 0 Å². The van der Waals surface area contributed by atoms with E-state index in [0.717, 1.165) is 19.3 Å². The maximum absolute atomic E-state index is 11.4. The van der Waals surface area contributed by atoms with E-state index in [4.69, 9.17) is 0 Å². The lowest BCUT2D eigenvalue weighted by Gasteiger charge is -2.17. The molecule has 4 nitrogen and oxygen atoms in total. The van der Waals surface area contributed by atoms with Gasteiger partial charge in [0, 0.05) is 20.0 Å². The first-order valence-electron chi connectivity index (χ1n) is 4.52. The van der Waals surface area contributed by atoms with Crippen molar-refractivity contribution in [3.63, 3.8) is 0 Å². The zero-order valence-corrected chi connectivity index (χ0v) is 8.92. The fraction of sp³-hybridized carbons (Fsp3) is 1.00. The summed E-state index contributed by atoms with van der Waals surface area (Å²) in [4.78, 5) is 0. The minimum Gasteiger partial charge on any atom is -0.393 e. The van der Waals surface area contributed by atoms with Crippen molar-refractivity contribution in [2.24, 2.45) is 5.92 Å². The van der Waals surface area contributed by atoms with Crippen LogP contribution in [0.25, 0.3) is 0 Å². The molecule has 1 aliphatic carbocycles. The van der Waals surface area contributed by atoms with E-state index in [1.54, 1.807) is 0 Å². The summed E-state index contributed by atoms with van der Waals surface area (Å²) in [5.74, 6) is 0.0219. The Bertz CT molecular complexity index is 261. The molecule has 0 aromatic carbocycles. The van der Waals surface area contributed by atoms with E-state index >= 15 is 0 Å². The van der Waals surface area contributed by atoms with Crippen LogP contribution in [0.2, 0.25) is 0 Å². The first-order chi connectivity index (χ1) is 5.93. The van der Waals surface area contributed by atoms with Crippen molar-refractivity contribution >= 4 is 10.0 Å². The summed E-state index contributed by atoms with van der Waals surface area (Å²) in [6.45, 7) is 0. The summed E-state index contributed by atoms with van der Waals surface area (Å²) in [6.07, 6.45) is 2.09. The van der Waals surface area contributed by atoms with Crippen molar-refractivity contribution in [1.29, 1.82) is 0 Å². The van der Waals surface area contributed by atoms with Gasteiger partial charge in [-0.1, -0.05) is 6.42 Å². The van der Waals surface area contributed by atoms with Crippen LogP contribution in [0.4, 0.5) is 0 Å². The van der Waals surface area contributed by atoms with E-state index in [1.807, 2.05) is 0 Å². The van der Waals surface area contributed by atoms with Crippen LogP contribution in [0.1, 0.15) is 19.3 Å². The minimum atomic E-state index is -3.14. The number of rotatable bonds is 3. The molecule has 2 atom stereocenters. The van der Waals surface area contributed by atoms with Crippen LogP contribution in [0.5, 0.6) is 0 Å². The molecule has 1 N–H and O–H groups in total. The first kappa shape index (κ1) is 10.9. The van der Waals surface area contributed by atoms with Crippen LogP contribution in [0.15, 0.2) is 0 Å². The Morgan fingerprint density at radius 1 is 1.38 bits per heavy atom. The molecule has 0 saturated heterocycles. The van der Waals surface area contributed by atoms with Crippen LogP contribution in [-0.4, -0.2) is 43.8 Å². The van der Waals surface area contributed by atoms with Crippen molar-refractivity contribution in [1.82, 2.24) is 4.31 Å². The molecule has 0 aliphatic heterocycles. The molecule has 13 heavy (non-hydrogen) atoms. The molecule has 0 aromatic rings. The molecule has 0 unspecified atom stereocenters.